The number of aliphatic hydroxyl groups excluding tert-OH is 1. The standard InChI is InChI=1S/C10H20O2/c1-7-4-5-8(9(11)6-7)10(2,3)12/h7-9,11-12H,4-6H2,1-3H3/t7-,8?,9?/m0/s1. The van der Waals surface area contributed by atoms with Crippen LogP contribution in [0.5, 0.6) is 0 Å². The second-order valence-corrected chi connectivity index (χ2v) is 4.75. The summed E-state index contributed by atoms with van der Waals surface area (Å²) in [4.78, 5) is 0. The van der Waals surface area contributed by atoms with Crippen LogP contribution in [0.25, 0.3) is 0 Å². The molecule has 1 aliphatic rings. The van der Waals surface area contributed by atoms with E-state index in [2.05, 4.69) is 6.92 Å². The molecule has 0 spiro atoms. The number of rotatable bonds is 1. The van der Waals surface area contributed by atoms with Gasteiger partial charge in [-0.15, -0.1) is 0 Å². The Morgan fingerprint density at radius 3 is 2.25 bits per heavy atom. The Bertz CT molecular complexity index is 148. The minimum atomic E-state index is -0.723. The molecule has 2 N–H and O–H groups in total. The molecule has 0 heterocycles. The fourth-order valence-corrected chi connectivity index (χ4v) is 2.17. The molecule has 1 saturated carbocycles. The Morgan fingerprint density at radius 1 is 1.25 bits per heavy atom. The molecule has 0 aromatic carbocycles. The molecule has 0 radical (unpaired) electrons. The predicted molar refractivity (Wildman–Crippen MR) is 48.8 cm³/mol. The average Bonchev–Trinajstić information content (AvgIpc) is 1.83. The van der Waals surface area contributed by atoms with Crippen molar-refractivity contribution in [3.63, 3.8) is 0 Å². The van der Waals surface area contributed by atoms with Crippen LogP contribution in [0.15, 0.2) is 0 Å². The van der Waals surface area contributed by atoms with Crippen LogP contribution in [0.3, 0.4) is 0 Å². The molecule has 3 atom stereocenters. The van der Waals surface area contributed by atoms with Crippen molar-refractivity contribution in [3.05, 3.63) is 0 Å². The molecule has 0 bridgehead atoms. The van der Waals surface area contributed by atoms with Crippen molar-refractivity contribution in [3.8, 4) is 0 Å². The van der Waals surface area contributed by atoms with Crippen LogP contribution in [-0.2, 0) is 0 Å². The van der Waals surface area contributed by atoms with Crippen molar-refractivity contribution < 1.29 is 10.2 Å². The van der Waals surface area contributed by atoms with Gasteiger partial charge in [0.2, 0.25) is 0 Å². The Morgan fingerprint density at radius 2 is 1.83 bits per heavy atom. The van der Waals surface area contributed by atoms with Crippen molar-refractivity contribution in [2.45, 2.75) is 51.7 Å². The van der Waals surface area contributed by atoms with Gasteiger partial charge in [0, 0.05) is 5.92 Å². The van der Waals surface area contributed by atoms with Gasteiger partial charge in [-0.1, -0.05) is 13.3 Å². The highest BCUT2D eigenvalue weighted by atomic mass is 16.3. The highest BCUT2D eigenvalue weighted by molar-refractivity contribution is 4.87. The fourth-order valence-electron chi connectivity index (χ4n) is 2.17. The van der Waals surface area contributed by atoms with E-state index in [0.29, 0.717) is 5.92 Å². The summed E-state index contributed by atoms with van der Waals surface area (Å²) < 4.78 is 0. The van der Waals surface area contributed by atoms with E-state index in [1.165, 1.54) is 0 Å². The molecule has 0 aromatic rings. The summed E-state index contributed by atoms with van der Waals surface area (Å²) in [5, 5.41) is 19.5. The van der Waals surface area contributed by atoms with Gasteiger partial charge in [0.05, 0.1) is 11.7 Å². The SMILES string of the molecule is C[C@H]1CCC(C(C)(C)O)C(O)C1. The molecule has 2 nitrogen and oxygen atoms in total. The van der Waals surface area contributed by atoms with Crippen molar-refractivity contribution >= 4 is 0 Å². The first kappa shape index (κ1) is 10.0. The van der Waals surface area contributed by atoms with Gasteiger partial charge in [-0.25, -0.2) is 0 Å². The Labute approximate surface area is 74.6 Å². The van der Waals surface area contributed by atoms with Crippen molar-refractivity contribution in [1.29, 1.82) is 0 Å². The van der Waals surface area contributed by atoms with Crippen LogP contribution in [-0.4, -0.2) is 21.9 Å². The van der Waals surface area contributed by atoms with Gasteiger partial charge in [0.15, 0.2) is 0 Å². The van der Waals surface area contributed by atoms with Crippen LogP contribution in [0, 0.1) is 11.8 Å². The van der Waals surface area contributed by atoms with E-state index in [9.17, 15) is 10.2 Å². The zero-order chi connectivity index (χ0) is 9.35. The van der Waals surface area contributed by atoms with Gasteiger partial charge >= 0.3 is 0 Å². The van der Waals surface area contributed by atoms with E-state index in [1.807, 2.05) is 0 Å². The molecule has 0 saturated heterocycles. The Balaban J connectivity index is 2.57. The smallest absolute Gasteiger partial charge is 0.0644 e. The van der Waals surface area contributed by atoms with Gasteiger partial charge < -0.3 is 10.2 Å². The lowest BCUT2D eigenvalue weighted by Crippen LogP contribution is -2.42. The summed E-state index contributed by atoms with van der Waals surface area (Å²) in [6, 6.07) is 0. The molecular weight excluding hydrogens is 152 g/mol. The first-order valence-electron chi connectivity index (χ1n) is 4.81. The normalized spacial score (nSPS) is 38.2. The lowest BCUT2D eigenvalue weighted by atomic mass is 9.73. The summed E-state index contributed by atoms with van der Waals surface area (Å²) in [5.41, 5.74) is -0.723. The largest absolute Gasteiger partial charge is 0.393 e. The summed E-state index contributed by atoms with van der Waals surface area (Å²) >= 11 is 0. The molecule has 1 aliphatic carbocycles. The first-order chi connectivity index (χ1) is 5.41. The molecule has 1 fully saturated rings. The molecule has 1 rings (SSSR count). The quantitative estimate of drug-likeness (QED) is 0.630. The third kappa shape index (κ3) is 2.20. The maximum absolute atomic E-state index is 9.74. The zero-order valence-electron chi connectivity index (χ0n) is 8.25. The second kappa shape index (κ2) is 3.35. The number of aliphatic hydroxyl groups is 2. The third-order valence-electron chi connectivity index (χ3n) is 2.99. The van der Waals surface area contributed by atoms with E-state index in [0.717, 1.165) is 19.3 Å². The molecule has 72 valence electrons. The van der Waals surface area contributed by atoms with Gasteiger partial charge in [-0.3, -0.25) is 0 Å². The van der Waals surface area contributed by atoms with Crippen molar-refractivity contribution in [2.24, 2.45) is 11.8 Å². The van der Waals surface area contributed by atoms with Crippen LogP contribution in [0.4, 0.5) is 0 Å². The van der Waals surface area contributed by atoms with E-state index in [1.54, 1.807) is 13.8 Å². The summed E-state index contributed by atoms with van der Waals surface area (Å²) in [6.45, 7) is 5.73. The summed E-state index contributed by atoms with van der Waals surface area (Å²) in [5.74, 6) is 0.673. The molecule has 2 heteroatoms. The highest BCUT2D eigenvalue weighted by Crippen LogP contribution is 2.35. The van der Waals surface area contributed by atoms with Gasteiger partial charge in [0.1, 0.15) is 0 Å². The van der Waals surface area contributed by atoms with Crippen LogP contribution >= 0.6 is 0 Å². The highest BCUT2D eigenvalue weighted by Gasteiger charge is 2.36. The van der Waals surface area contributed by atoms with Crippen molar-refractivity contribution in [2.75, 3.05) is 0 Å². The Hall–Kier alpha value is -0.0800. The van der Waals surface area contributed by atoms with Gasteiger partial charge in [0.25, 0.3) is 0 Å². The molecule has 0 aromatic heterocycles. The molecule has 2 unspecified atom stereocenters. The lowest BCUT2D eigenvalue weighted by Gasteiger charge is -2.38. The average molecular weight is 172 g/mol. The zero-order valence-corrected chi connectivity index (χ0v) is 8.25. The molecule has 0 amide bonds. The van der Waals surface area contributed by atoms with Crippen LogP contribution in [0.2, 0.25) is 0 Å². The maximum atomic E-state index is 9.74. The van der Waals surface area contributed by atoms with Gasteiger partial charge in [-0.05, 0) is 32.6 Å². The number of hydrogen-bond donors (Lipinski definition) is 2. The summed E-state index contributed by atoms with van der Waals surface area (Å²) in [6.07, 6.45) is 2.61. The topological polar surface area (TPSA) is 40.5 Å². The van der Waals surface area contributed by atoms with Gasteiger partial charge in [-0.2, -0.15) is 0 Å². The third-order valence-corrected chi connectivity index (χ3v) is 2.99. The monoisotopic (exact) mass is 172 g/mol. The van der Waals surface area contributed by atoms with E-state index in [-0.39, 0.29) is 12.0 Å². The minimum absolute atomic E-state index is 0.0636. The van der Waals surface area contributed by atoms with Crippen LogP contribution < -0.4 is 0 Å². The molecule has 12 heavy (non-hydrogen) atoms. The second-order valence-electron chi connectivity index (χ2n) is 4.75. The fraction of sp³-hybridized carbons (Fsp3) is 1.00. The lowest BCUT2D eigenvalue weighted by molar-refractivity contribution is -0.0730. The predicted octanol–water partition coefficient (Wildman–Crippen LogP) is 1.55. The summed E-state index contributed by atoms with van der Waals surface area (Å²) in [7, 11) is 0. The first-order valence-corrected chi connectivity index (χ1v) is 4.81. The van der Waals surface area contributed by atoms with E-state index < -0.39 is 5.60 Å². The molecule has 0 aliphatic heterocycles. The van der Waals surface area contributed by atoms with Crippen LogP contribution in [0.1, 0.15) is 40.0 Å². The minimum Gasteiger partial charge on any atom is -0.393 e. The maximum Gasteiger partial charge on any atom is 0.0644 e. The Kier molecular flexibility index (Phi) is 2.79. The van der Waals surface area contributed by atoms with E-state index in [4.69, 9.17) is 0 Å². The molecular formula is C10H20O2. The number of hydrogen-bond acceptors (Lipinski definition) is 2. The van der Waals surface area contributed by atoms with E-state index >= 15 is 0 Å². The van der Waals surface area contributed by atoms with Crippen molar-refractivity contribution in [1.82, 2.24) is 0 Å².